The highest BCUT2D eigenvalue weighted by Crippen LogP contribution is 2.19. The summed E-state index contributed by atoms with van der Waals surface area (Å²) in [7, 11) is 3.83. The van der Waals surface area contributed by atoms with Crippen LogP contribution in [0.4, 0.5) is 0 Å². The SMILES string of the molecule is CN(C)C[C@H](O)c1cc2n(n1)CCCN(C(=O)COCc1ccccc1)C2. The first-order chi connectivity index (χ1) is 13.0. The maximum atomic E-state index is 12.6. The van der Waals surface area contributed by atoms with Gasteiger partial charge in [0.15, 0.2) is 0 Å². The number of rotatable bonds is 7. The summed E-state index contributed by atoms with van der Waals surface area (Å²) in [6, 6.07) is 11.7. The molecule has 0 radical (unpaired) electrons. The van der Waals surface area contributed by atoms with Crippen LogP contribution in [0.5, 0.6) is 0 Å². The molecule has 1 aliphatic rings. The molecule has 27 heavy (non-hydrogen) atoms. The summed E-state index contributed by atoms with van der Waals surface area (Å²) in [4.78, 5) is 16.3. The average Bonchev–Trinajstić information content (AvgIpc) is 2.94. The Morgan fingerprint density at radius 1 is 1.30 bits per heavy atom. The van der Waals surface area contributed by atoms with Gasteiger partial charge in [-0.25, -0.2) is 0 Å². The number of aromatic nitrogens is 2. The second kappa shape index (κ2) is 9.12. The Morgan fingerprint density at radius 2 is 2.07 bits per heavy atom. The quantitative estimate of drug-likeness (QED) is 0.796. The standard InChI is InChI=1S/C20H28N4O3/c1-22(2)13-19(25)18-11-17-12-23(9-6-10-24(17)21-18)20(26)15-27-14-16-7-4-3-5-8-16/h3-5,7-8,11,19,25H,6,9-10,12-15H2,1-2H3/t19-/m0/s1. The molecule has 1 N–H and O–H groups in total. The summed E-state index contributed by atoms with van der Waals surface area (Å²) in [5.74, 6) is -0.0176. The molecule has 0 aliphatic carbocycles. The Labute approximate surface area is 160 Å². The number of aliphatic hydroxyl groups is 1. The molecule has 146 valence electrons. The molecule has 0 spiro atoms. The second-order valence-corrected chi connectivity index (χ2v) is 7.21. The van der Waals surface area contributed by atoms with E-state index in [1.54, 1.807) is 0 Å². The number of nitrogens with zero attached hydrogens (tertiary/aromatic N) is 4. The van der Waals surface area contributed by atoms with Gasteiger partial charge in [0.25, 0.3) is 0 Å². The van der Waals surface area contributed by atoms with Crippen molar-refractivity contribution in [3.05, 3.63) is 53.3 Å². The van der Waals surface area contributed by atoms with Gasteiger partial charge in [-0.2, -0.15) is 5.10 Å². The first-order valence-corrected chi connectivity index (χ1v) is 9.32. The summed E-state index contributed by atoms with van der Waals surface area (Å²) in [5.41, 5.74) is 2.67. The number of fused-ring (bicyclic) bond motifs is 1. The van der Waals surface area contributed by atoms with Crippen molar-refractivity contribution >= 4 is 5.91 Å². The van der Waals surface area contributed by atoms with E-state index < -0.39 is 6.10 Å². The zero-order chi connectivity index (χ0) is 19.2. The van der Waals surface area contributed by atoms with Gasteiger partial charge in [-0.05, 0) is 32.1 Å². The number of aliphatic hydroxyl groups excluding tert-OH is 1. The Hall–Kier alpha value is -2.22. The molecule has 1 aliphatic heterocycles. The second-order valence-electron chi connectivity index (χ2n) is 7.21. The van der Waals surface area contributed by atoms with E-state index >= 15 is 0 Å². The van der Waals surface area contributed by atoms with E-state index in [1.807, 2.05) is 65.0 Å². The minimum absolute atomic E-state index is 0.0176. The minimum atomic E-state index is -0.627. The van der Waals surface area contributed by atoms with Crippen LogP contribution >= 0.6 is 0 Å². The molecule has 1 amide bonds. The maximum Gasteiger partial charge on any atom is 0.248 e. The molecule has 1 aromatic heterocycles. The van der Waals surface area contributed by atoms with Crippen LogP contribution in [0.2, 0.25) is 0 Å². The predicted molar refractivity (Wildman–Crippen MR) is 102 cm³/mol. The van der Waals surface area contributed by atoms with Crippen molar-refractivity contribution in [1.29, 1.82) is 0 Å². The highest BCUT2D eigenvalue weighted by Gasteiger charge is 2.22. The number of benzene rings is 1. The van der Waals surface area contributed by atoms with E-state index in [2.05, 4.69) is 5.10 Å². The molecule has 0 saturated carbocycles. The number of carbonyl (C=O) groups excluding carboxylic acids is 1. The number of likely N-dealkylation sites (N-methyl/N-ethyl adjacent to an activating group) is 1. The van der Waals surface area contributed by atoms with Gasteiger partial charge < -0.3 is 19.6 Å². The fourth-order valence-electron chi connectivity index (χ4n) is 3.22. The van der Waals surface area contributed by atoms with Crippen LogP contribution in [0.25, 0.3) is 0 Å². The van der Waals surface area contributed by atoms with Crippen molar-refractivity contribution in [2.75, 3.05) is 33.8 Å². The largest absolute Gasteiger partial charge is 0.385 e. The van der Waals surface area contributed by atoms with Crippen LogP contribution in [-0.4, -0.2) is 64.4 Å². The van der Waals surface area contributed by atoms with Gasteiger partial charge in [0.05, 0.1) is 24.5 Å². The third-order valence-electron chi connectivity index (χ3n) is 4.60. The normalized spacial score (nSPS) is 15.5. The van der Waals surface area contributed by atoms with Crippen molar-refractivity contribution < 1.29 is 14.6 Å². The lowest BCUT2D eigenvalue weighted by molar-refractivity contribution is -0.137. The van der Waals surface area contributed by atoms with E-state index in [0.29, 0.717) is 31.9 Å². The van der Waals surface area contributed by atoms with Crippen molar-refractivity contribution in [3.63, 3.8) is 0 Å². The monoisotopic (exact) mass is 372 g/mol. The van der Waals surface area contributed by atoms with Gasteiger partial charge in [0.2, 0.25) is 5.91 Å². The average molecular weight is 372 g/mol. The highest BCUT2D eigenvalue weighted by molar-refractivity contribution is 5.77. The zero-order valence-electron chi connectivity index (χ0n) is 16.0. The molecule has 2 aromatic rings. The van der Waals surface area contributed by atoms with E-state index in [-0.39, 0.29) is 12.5 Å². The van der Waals surface area contributed by atoms with Crippen molar-refractivity contribution in [2.24, 2.45) is 0 Å². The van der Waals surface area contributed by atoms with Crippen LogP contribution < -0.4 is 0 Å². The molecule has 7 heteroatoms. The fourth-order valence-corrected chi connectivity index (χ4v) is 3.22. The molecule has 2 heterocycles. The van der Waals surface area contributed by atoms with Crippen LogP contribution in [0.15, 0.2) is 36.4 Å². The molecule has 0 bridgehead atoms. The van der Waals surface area contributed by atoms with Crippen LogP contribution in [0.3, 0.4) is 0 Å². The number of ether oxygens (including phenoxy) is 1. The van der Waals surface area contributed by atoms with Gasteiger partial charge in [-0.3, -0.25) is 9.48 Å². The third-order valence-corrected chi connectivity index (χ3v) is 4.60. The van der Waals surface area contributed by atoms with Gasteiger partial charge >= 0.3 is 0 Å². The molecular formula is C20H28N4O3. The summed E-state index contributed by atoms with van der Waals surface area (Å²) in [6.07, 6.45) is 0.209. The smallest absolute Gasteiger partial charge is 0.248 e. The lowest BCUT2D eigenvalue weighted by atomic mass is 10.2. The molecule has 1 aromatic carbocycles. The molecule has 0 fully saturated rings. The summed E-state index contributed by atoms with van der Waals surface area (Å²) < 4.78 is 7.50. The summed E-state index contributed by atoms with van der Waals surface area (Å²) in [5, 5.41) is 14.8. The van der Waals surface area contributed by atoms with Crippen LogP contribution in [0.1, 0.15) is 29.5 Å². The molecule has 1 atom stereocenters. The van der Waals surface area contributed by atoms with Gasteiger partial charge in [0.1, 0.15) is 12.7 Å². The van der Waals surface area contributed by atoms with E-state index in [0.717, 1.165) is 24.2 Å². The molecule has 0 unspecified atom stereocenters. The highest BCUT2D eigenvalue weighted by atomic mass is 16.5. The maximum absolute atomic E-state index is 12.6. The summed E-state index contributed by atoms with van der Waals surface area (Å²) >= 11 is 0. The zero-order valence-corrected chi connectivity index (χ0v) is 16.0. The first kappa shape index (κ1) is 19.5. The Balaban J connectivity index is 1.57. The molecule has 3 rings (SSSR count). The van der Waals surface area contributed by atoms with Crippen LogP contribution in [0, 0.1) is 0 Å². The number of amides is 1. The van der Waals surface area contributed by atoms with E-state index in [4.69, 9.17) is 4.74 Å². The number of hydrogen-bond donors (Lipinski definition) is 1. The van der Waals surface area contributed by atoms with E-state index in [1.165, 1.54) is 0 Å². The van der Waals surface area contributed by atoms with Crippen molar-refractivity contribution in [1.82, 2.24) is 19.6 Å². The minimum Gasteiger partial charge on any atom is -0.385 e. The number of hydrogen-bond acceptors (Lipinski definition) is 5. The van der Waals surface area contributed by atoms with Gasteiger partial charge in [-0.15, -0.1) is 0 Å². The first-order valence-electron chi connectivity index (χ1n) is 9.32. The molecular weight excluding hydrogens is 344 g/mol. The lowest BCUT2D eigenvalue weighted by Gasteiger charge is -2.20. The Kier molecular flexibility index (Phi) is 6.60. The fraction of sp³-hybridized carbons (Fsp3) is 0.500. The van der Waals surface area contributed by atoms with Gasteiger partial charge in [-0.1, -0.05) is 30.3 Å². The van der Waals surface area contributed by atoms with Crippen molar-refractivity contribution in [3.8, 4) is 0 Å². The van der Waals surface area contributed by atoms with E-state index in [9.17, 15) is 9.90 Å². The topological polar surface area (TPSA) is 70.8 Å². The number of carbonyl (C=O) groups is 1. The lowest BCUT2D eigenvalue weighted by Crippen LogP contribution is -2.33. The number of aryl methyl sites for hydroxylation is 1. The predicted octanol–water partition coefficient (Wildman–Crippen LogP) is 1.43. The molecule has 7 nitrogen and oxygen atoms in total. The Bertz CT molecular complexity index is 745. The van der Waals surface area contributed by atoms with Crippen LogP contribution in [-0.2, 0) is 29.2 Å². The van der Waals surface area contributed by atoms with Gasteiger partial charge in [0, 0.05) is 19.6 Å². The molecule has 0 saturated heterocycles. The third kappa shape index (κ3) is 5.38. The van der Waals surface area contributed by atoms with Crippen molar-refractivity contribution in [2.45, 2.75) is 32.2 Å². The summed E-state index contributed by atoms with van der Waals surface area (Å²) in [6.45, 7) is 2.95. The Morgan fingerprint density at radius 3 is 2.81 bits per heavy atom.